The van der Waals surface area contributed by atoms with Gasteiger partial charge in [-0.3, -0.25) is 0 Å². The molecule has 7 nitrogen and oxygen atoms in total. The Balaban J connectivity index is 1.41. The third-order valence-electron chi connectivity index (χ3n) is 3.91. The van der Waals surface area contributed by atoms with Crippen molar-refractivity contribution in [2.75, 3.05) is 31.2 Å². The van der Waals surface area contributed by atoms with Crippen molar-refractivity contribution < 1.29 is 14.0 Å². The van der Waals surface area contributed by atoms with Gasteiger partial charge in [0, 0.05) is 19.3 Å². The van der Waals surface area contributed by atoms with Crippen LogP contribution in [0.5, 0.6) is 5.75 Å². The lowest BCUT2D eigenvalue weighted by atomic mass is 10.2. The summed E-state index contributed by atoms with van der Waals surface area (Å²) in [6.07, 6.45) is 1.75. The average molecular weight is 338 g/mol. The molecule has 2 aromatic heterocycles. The van der Waals surface area contributed by atoms with Gasteiger partial charge in [0.25, 0.3) is 5.89 Å². The zero-order valence-corrected chi connectivity index (χ0v) is 13.7. The largest absolute Gasteiger partial charge is 0.485 e. The Morgan fingerprint density at radius 1 is 1.04 bits per heavy atom. The van der Waals surface area contributed by atoms with Crippen molar-refractivity contribution in [1.29, 1.82) is 0 Å². The number of benzene rings is 1. The predicted molar refractivity (Wildman–Crippen MR) is 91.3 cm³/mol. The summed E-state index contributed by atoms with van der Waals surface area (Å²) in [5.41, 5.74) is 0.787. The number of rotatable bonds is 5. The van der Waals surface area contributed by atoms with Crippen molar-refractivity contribution in [2.24, 2.45) is 0 Å². The molecular formula is C18H18N4O3. The highest BCUT2D eigenvalue weighted by Crippen LogP contribution is 2.20. The van der Waals surface area contributed by atoms with Gasteiger partial charge in [0.05, 0.1) is 18.8 Å². The molecule has 0 saturated carbocycles. The Labute approximate surface area is 145 Å². The third kappa shape index (κ3) is 3.77. The number of pyridine rings is 1. The first-order valence-electron chi connectivity index (χ1n) is 8.18. The molecule has 0 spiro atoms. The van der Waals surface area contributed by atoms with Crippen molar-refractivity contribution in [3.8, 4) is 17.2 Å². The van der Waals surface area contributed by atoms with Gasteiger partial charge in [-0.1, -0.05) is 23.4 Å². The van der Waals surface area contributed by atoms with Gasteiger partial charge in [-0.2, -0.15) is 4.98 Å². The summed E-state index contributed by atoms with van der Waals surface area (Å²) in [6, 6.07) is 13.4. The molecule has 1 aliphatic rings. The Kier molecular flexibility index (Phi) is 4.56. The van der Waals surface area contributed by atoms with Crippen LogP contribution in [0.4, 0.5) is 5.82 Å². The lowest BCUT2D eigenvalue weighted by Crippen LogP contribution is -2.36. The Hall–Kier alpha value is -2.93. The van der Waals surface area contributed by atoms with Crippen LogP contribution in [0, 0.1) is 0 Å². The van der Waals surface area contributed by atoms with Crippen LogP contribution in [-0.4, -0.2) is 41.4 Å². The van der Waals surface area contributed by atoms with Crippen LogP contribution >= 0.6 is 0 Å². The van der Waals surface area contributed by atoms with Gasteiger partial charge in [0.15, 0.2) is 6.61 Å². The lowest BCUT2D eigenvalue weighted by molar-refractivity contribution is 0.122. The van der Waals surface area contributed by atoms with E-state index in [0.29, 0.717) is 11.7 Å². The molecule has 0 aliphatic carbocycles. The van der Waals surface area contributed by atoms with Gasteiger partial charge in [-0.25, -0.2) is 4.98 Å². The highest BCUT2D eigenvalue weighted by molar-refractivity contribution is 5.54. The number of aromatic nitrogens is 3. The summed E-state index contributed by atoms with van der Waals surface area (Å²) < 4.78 is 16.3. The quantitative estimate of drug-likeness (QED) is 0.708. The SMILES string of the molecule is c1ccc(OCc2noc(-c3ccc(N4CCOCC4)nc3)n2)cc1. The molecule has 0 amide bonds. The van der Waals surface area contributed by atoms with E-state index in [1.165, 1.54) is 0 Å². The van der Waals surface area contributed by atoms with E-state index in [2.05, 4.69) is 20.0 Å². The van der Waals surface area contributed by atoms with Gasteiger partial charge >= 0.3 is 0 Å². The zero-order valence-electron chi connectivity index (χ0n) is 13.7. The maximum atomic E-state index is 5.62. The summed E-state index contributed by atoms with van der Waals surface area (Å²) in [4.78, 5) is 11.0. The van der Waals surface area contributed by atoms with Crippen molar-refractivity contribution in [3.05, 3.63) is 54.5 Å². The molecule has 1 saturated heterocycles. The predicted octanol–water partition coefficient (Wildman–Crippen LogP) is 2.55. The summed E-state index contributed by atoms with van der Waals surface area (Å²) in [5, 5.41) is 3.95. The van der Waals surface area contributed by atoms with E-state index in [-0.39, 0.29) is 6.61 Å². The first-order chi connectivity index (χ1) is 12.4. The first-order valence-corrected chi connectivity index (χ1v) is 8.18. The minimum Gasteiger partial charge on any atom is -0.485 e. The second-order valence-electron chi connectivity index (χ2n) is 5.62. The third-order valence-corrected chi connectivity index (χ3v) is 3.91. The standard InChI is InChI=1S/C18H18N4O3/c1-2-4-15(5-3-1)24-13-16-20-18(25-21-16)14-6-7-17(19-12-14)22-8-10-23-11-9-22/h1-7,12H,8-11,13H2. The molecule has 0 atom stereocenters. The van der Waals surface area contributed by atoms with Crippen molar-refractivity contribution in [1.82, 2.24) is 15.1 Å². The van der Waals surface area contributed by atoms with Crippen LogP contribution < -0.4 is 9.64 Å². The Bertz CT molecular complexity index is 799. The second-order valence-corrected chi connectivity index (χ2v) is 5.62. The maximum Gasteiger partial charge on any atom is 0.259 e. The van der Waals surface area contributed by atoms with Gasteiger partial charge in [-0.15, -0.1) is 0 Å². The molecule has 4 rings (SSSR count). The molecule has 3 aromatic rings. The van der Waals surface area contributed by atoms with Crippen molar-refractivity contribution in [3.63, 3.8) is 0 Å². The van der Waals surface area contributed by atoms with Crippen LogP contribution in [0.1, 0.15) is 5.82 Å². The van der Waals surface area contributed by atoms with E-state index >= 15 is 0 Å². The molecule has 25 heavy (non-hydrogen) atoms. The number of hydrogen-bond donors (Lipinski definition) is 0. The van der Waals surface area contributed by atoms with Crippen LogP contribution in [0.25, 0.3) is 11.5 Å². The first kappa shape index (κ1) is 15.6. The number of morpholine rings is 1. The van der Waals surface area contributed by atoms with Gasteiger partial charge in [0.1, 0.15) is 11.6 Å². The van der Waals surface area contributed by atoms with Crippen LogP contribution in [0.15, 0.2) is 53.2 Å². The van der Waals surface area contributed by atoms with Gasteiger partial charge in [0.2, 0.25) is 5.82 Å². The molecule has 7 heteroatoms. The topological polar surface area (TPSA) is 73.5 Å². The molecular weight excluding hydrogens is 320 g/mol. The number of ether oxygens (including phenoxy) is 2. The fourth-order valence-electron chi connectivity index (χ4n) is 2.59. The molecule has 0 radical (unpaired) electrons. The Morgan fingerprint density at radius 3 is 2.64 bits per heavy atom. The monoisotopic (exact) mass is 338 g/mol. The molecule has 3 heterocycles. The van der Waals surface area contributed by atoms with E-state index in [1.54, 1.807) is 6.20 Å². The summed E-state index contributed by atoms with van der Waals surface area (Å²) in [7, 11) is 0. The number of para-hydroxylation sites is 1. The highest BCUT2D eigenvalue weighted by Gasteiger charge is 2.14. The summed E-state index contributed by atoms with van der Waals surface area (Å²) in [5.74, 6) is 2.63. The number of nitrogens with zero attached hydrogens (tertiary/aromatic N) is 4. The molecule has 1 fully saturated rings. The van der Waals surface area contributed by atoms with Crippen molar-refractivity contribution >= 4 is 5.82 Å². The molecule has 0 unspecified atom stereocenters. The smallest absolute Gasteiger partial charge is 0.259 e. The second kappa shape index (κ2) is 7.31. The van der Waals surface area contributed by atoms with E-state index in [0.717, 1.165) is 43.4 Å². The number of anilines is 1. The van der Waals surface area contributed by atoms with Gasteiger partial charge < -0.3 is 18.9 Å². The lowest BCUT2D eigenvalue weighted by Gasteiger charge is -2.27. The molecule has 0 bridgehead atoms. The van der Waals surface area contributed by atoms with Crippen LogP contribution in [-0.2, 0) is 11.3 Å². The fourth-order valence-corrected chi connectivity index (χ4v) is 2.59. The highest BCUT2D eigenvalue weighted by atomic mass is 16.5. The summed E-state index contributed by atoms with van der Waals surface area (Å²) in [6.45, 7) is 3.43. The minimum atomic E-state index is 0.257. The fraction of sp³-hybridized carbons (Fsp3) is 0.278. The van der Waals surface area contributed by atoms with Crippen molar-refractivity contribution in [2.45, 2.75) is 6.61 Å². The van der Waals surface area contributed by atoms with E-state index in [9.17, 15) is 0 Å². The van der Waals surface area contributed by atoms with Crippen LogP contribution in [0.2, 0.25) is 0 Å². The maximum absolute atomic E-state index is 5.62. The van der Waals surface area contributed by atoms with E-state index in [4.69, 9.17) is 14.0 Å². The summed E-state index contributed by atoms with van der Waals surface area (Å²) >= 11 is 0. The molecule has 1 aliphatic heterocycles. The van der Waals surface area contributed by atoms with E-state index in [1.807, 2.05) is 42.5 Å². The minimum absolute atomic E-state index is 0.257. The van der Waals surface area contributed by atoms with Crippen LogP contribution in [0.3, 0.4) is 0 Å². The zero-order chi connectivity index (χ0) is 16.9. The molecule has 1 aromatic carbocycles. The Morgan fingerprint density at radius 2 is 1.88 bits per heavy atom. The molecule has 0 N–H and O–H groups in total. The van der Waals surface area contributed by atoms with E-state index < -0.39 is 0 Å². The van der Waals surface area contributed by atoms with Gasteiger partial charge in [-0.05, 0) is 24.3 Å². The normalized spacial score (nSPS) is 14.5. The average Bonchev–Trinajstić information content (AvgIpc) is 3.17. The molecule has 128 valence electrons. The number of hydrogen-bond acceptors (Lipinski definition) is 7.